The number of hydrogen-bond acceptors (Lipinski definition) is 6. The zero-order valence-corrected chi connectivity index (χ0v) is 16.4. The number of rotatable bonds is 8. The van der Waals surface area contributed by atoms with E-state index < -0.39 is 11.9 Å². The van der Waals surface area contributed by atoms with Crippen LogP contribution in [0.2, 0.25) is 5.02 Å². The number of nitrogens with one attached hydrogen (secondary N) is 1. The number of hydrazone groups is 1. The molecule has 0 fully saturated rings. The number of esters is 1. The number of ether oxygens (including phenoxy) is 2. The Morgan fingerprint density at radius 3 is 2.63 bits per heavy atom. The summed E-state index contributed by atoms with van der Waals surface area (Å²) in [5.41, 5.74) is 3.07. The van der Waals surface area contributed by atoms with E-state index in [4.69, 9.17) is 25.5 Å². The quantitative estimate of drug-likeness (QED) is 0.193. The molecule has 30 heavy (non-hydrogen) atoms. The lowest BCUT2D eigenvalue weighted by atomic mass is 10.2. The lowest BCUT2D eigenvalue weighted by molar-refractivity contribution is -0.129. The molecule has 1 heterocycles. The van der Waals surface area contributed by atoms with Crippen molar-refractivity contribution in [2.75, 3.05) is 6.61 Å². The van der Waals surface area contributed by atoms with Gasteiger partial charge in [-0.25, -0.2) is 10.2 Å². The fraction of sp³-hybridized carbons (Fsp3) is 0.0455. The zero-order valence-electron chi connectivity index (χ0n) is 15.7. The van der Waals surface area contributed by atoms with Gasteiger partial charge in [-0.05, 0) is 66.2 Å². The van der Waals surface area contributed by atoms with Crippen molar-refractivity contribution in [2.45, 2.75) is 0 Å². The summed E-state index contributed by atoms with van der Waals surface area (Å²) in [6.45, 7) is -0.196. The number of halogens is 1. The van der Waals surface area contributed by atoms with Crippen LogP contribution in [0.5, 0.6) is 11.5 Å². The summed E-state index contributed by atoms with van der Waals surface area (Å²) in [6.07, 6.45) is 5.76. The molecule has 1 aromatic heterocycles. The third-order valence-electron chi connectivity index (χ3n) is 3.59. The molecule has 0 atom stereocenters. The molecule has 0 unspecified atom stereocenters. The first-order valence-corrected chi connectivity index (χ1v) is 9.20. The Labute approximate surface area is 177 Å². The highest BCUT2D eigenvalue weighted by Crippen LogP contribution is 2.16. The minimum Gasteiger partial charge on any atom is -0.484 e. The average Bonchev–Trinajstić information content (AvgIpc) is 3.26. The highest BCUT2D eigenvalue weighted by molar-refractivity contribution is 6.30. The first-order valence-electron chi connectivity index (χ1n) is 8.82. The van der Waals surface area contributed by atoms with Crippen LogP contribution in [0.4, 0.5) is 0 Å². The highest BCUT2D eigenvalue weighted by atomic mass is 35.5. The van der Waals surface area contributed by atoms with Crippen molar-refractivity contribution < 1.29 is 23.5 Å². The molecule has 3 aromatic rings. The van der Waals surface area contributed by atoms with Crippen molar-refractivity contribution in [3.63, 3.8) is 0 Å². The Balaban J connectivity index is 1.42. The molecule has 0 aliphatic heterocycles. The summed E-state index contributed by atoms with van der Waals surface area (Å²) in [7, 11) is 0. The second-order valence-corrected chi connectivity index (χ2v) is 6.31. The van der Waals surface area contributed by atoms with Crippen molar-refractivity contribution in [1.29, 1.82) is 0 Å². The third-order valence-corrected chi connectivity index (χ3v) is 3.83. The molecule has 1 amide bonds. The van der Waals surface area contributed by atoms with E-state index in [0.717, 1.165) is 0 Å². The Hall–Kier alpha value is -3.84. The largest absolute Gasteiger partial charge is 0.484 e. The summed E-state index contributed by atoms with van der Waals surface area (Å²) >= 11 is 5.85. The first-order chi connectivity index (χ1) is 14.6. The predicted octanol–water partition coefficient (Wildman–Crippen LogP) is 4.08. The van der Waals surface area contributed by atoms with Crippen LogP contribution in [0.15, 0.2) is 82.5 Å². The maximum atomic E-state index is 11.8. The van der Waals surface area contributed by atoms with Gasteiger partial charge in [-0.1, -0.05) is 17.7 Å². The second kappa shape index (κ2) is 10.6. The maximum absolute atomic E-state index is 11.8. The molecule has 0 radical (unpaired) electrons. The minimum absolute atomic E-state index is 0.196. The van der Waals surface area contributed by atoms with Gasteiger partial charge in [0.2, 0.25) is 0 Å². The fourth-order valence-electron chi connectivity index (χ4n) is 2.23. The van der Waals surface area contributed by atoms with Gasteiger partial charge in [-0.2, -0.15) is 5.10 Å². The van der Waals surface area contributed by atoms with Crippen LogP contribution < -0.4 is 14.9 Å². The van der Waals surface area contributed by atoms with Crippen molar-refractivity contribution >= 4 is 35.8 Å². The Kier molecular flexibility index (Phi) is 7.40. The van der Waals surface area contributed by atoms with Crippen LogP contribution >= 0.6 is 11.6 Å². The molecule has 0 bridgehead atoms. The van der Waals surface area contributed by atoms with E-state index in [1.54, 1.807) is 60.7 Å². The molecule has 1 N–H and O–H groups in total. The average molecular weight is 425 g/mol. The summed E-state index contributed by atoms with van der Waals surface area (Å²) in [5.74, 6) is 0.476. The van der Waals surface area contributed by atoms with Gasteiger partial charge in [0.05, 0.1) is 12.5 Å². The Morgan fingerprint density at radius 2 is 1.90 bits per heavy atom. The van der Waals surface area contributed by atoms with Crippen LogP contribution in [-0.2, 0) is 9.59 Å². The van der Waals surface area contributed by atoms with E-state index in [1.165, 1.54) is 24.6 Å². The monoisotopic (exact) mass is 424 g/mol. The number of nitrogens with zero attached hydrogens (tertiary/aromatic N) is 1. The summed E-state index contributed by atoms with van der Waals surface area (Å²) in [6, 6.07) is 16.8. The van der Waals surface area contributed by atoms with Gasteiger partial charge in [0, 0.05) is 11.1 Å². The molecule has 0 saturated carbocycles. The van der Waals surface area contributed by atoms with Crippen molar-refractivity contribution in [3.05, 3.63) is 89.3 Å². The second-order valence-electron chi connectivity index (χ2n) is 5.88. The van der Waals surface area contributed by atoms with Gasteiger partial charge in [0.15, 0.2) is 6.61 Å². The molecular weight excluding hydrogens is 408 g/mol. The molecule has 3 rings (SSSR count). The van der Waals surface area contributed by atoms with Crippen molar-refractivity contribution in [1.82, 2.24) is 5.43 Å². The molecular formula is C22H17ClN2O5. The van der Waals surface area contributed by atoms with Crippen LogP contribution in [0.25, 0.3) is 6.08 Å². The smallest absolute Gasteiger partial charge is 0.336 e. The zero-order chi connectivity index (χ0) is 21.2. The Morgan fingerprint density at radius 1 is 1.07 bits per heavy atom. The maximum Gasteiger partial charge on any atom is 0.336 e. The lowest BCUT2D eigenvalue weighted by Gasteiger charge is -2.05. The normalized spacial score (nSPS) is 11.0. The molecule has 152 valence electrons. The van der Waals surface area contributed by atoms with Gasteiger partial charge in [0.25, 0.3) is 5.91 Å². The molecule has 0 aliphatic carbocycles. The molecule has 0 saturated heterocycles. The summed E-state index contributed by atoms with van der Waals surface area (Å²) in [5, 5.41) is 4.38. The number of hydrogen-bond donors (Lipinski definition) is 1. The number of carbonyl (C=O) groups is 2. The van der Waals surface area contributed by atoms with E-state index in [9.17, 15) is 9.59 Å². The van der Waals surface area contributed by atoms with Crippen molar-refractivity contribution in [3.8, 4) is 11.5 Å². The van der Waals surface area contributed by atoms with Crippen LogP contribution in [0.3, 0.4) is 0 Å². The number of carbonyl (C=O) groups excluding carboxylic acids is 2. The van der Waals surface area contributed by atoms with E-state index in [-0.39, 0.29) is 6.61 Å². The fourth-order valence-corrected chi connectivity index (χ4v) is 2.41. The molecule has 8 heteroatoms. The van der Waals surface area contributed by atoms with Crippen molar-refractivity contribution in [2.24, 2.45) is 5.10 Å². The highest BCUT2D eigenvalue weighted by Gasteiger charge is 2.03. The number of benzene rings is 2. The minimum atomic E-state index is -0.528. The van der Waals surface area contributed by atoms with E-state index >= 15 is 0 Å². The van der Waals surface area contributed by atoms with Crippen LogP contribution in [-0.4, -0.2) is 24.7 Å². The summed E-state index contributed by atoms with van der Waals surface area (Å²) < 4.78 is 15.6. The third kappa shape index (κ3) is 6.96. The van der Waals surface area contributed by atoms with Crippen LogP contribution in [0, 0.1) is 0 Å². The standard InChI is InChI=1S/C22H17ClN2O5/c23-17-3-1-4-20(13-17)29-15-21(26)25-24-14-16-6-8-19(9-7-16)30-22(27)11-10-18-5-2-12-28-18/h1-14H,15H2,(H,25,26)/b11-10+,24-14+. The van der Waals surface area contributed by atoms with Gasteiger partial charge in [-0.15, -0.1) is 0 Å². The molecule has 0 aliphatic rings. The van der Waals surface area contributed by atoms with Gasteiger partial charge in [-0.3, -0.25) is 4.79 Å². The van der Waals surface area contributed by atoms with Gasteiger partial charge in [0.1, 0.15) is 17.3 Å². The lowest BCUT2D eigenvalue weighted by Crippen LogP contribution is -2.24. The summed E-state index contributed by atoms with van der Waals surface area (Å²) in [4.78, 5) is 23.5. The molecule has 2 aromatic carbocycles. The first kappa shape index (κ1) is 20.9. The SMILES string of the molecule is O=C(COc1cccc(Cl)c1)N/N=C/c1ccc(OC(=O)/C=C/c2ccco2)cc1. The number of amides is 1. The van der Waals surface area contributed by atoms with E-state index in [1.807, 2.05) is 0 Å². The van der Waals surface area contributed by atoms with Crippen LogP contribution in [0.1, 0.15) is 11.3 Å². The van der Waals surface area contributed by atoms with Gasteiger partial charge >= 0.3 is 5.97 Å². The van der Waals surface area contributed by atoms with Gasteiger partial charge < -0.3 is 13.9 Å². The van der Waals surface area contributed by atoms with E-state index in [0.29, 0.717) is 27.8 Å². The molecule has 7 nitrogen and oxygen atoms in total. The number of furan rings is 1. The topological polar surface area (TPSA) is 90.1 Å². The van der Waals surface area contributed by atoms with E-state index in [2.05, 4.69) is 10.5 Å². The predicted molar refractivity (Wildman–Crippen MR) is 113 cm³/mol. The Bertz CT molecular complexity index is 1040. The molecule has 0 spiro atoms.